The third-order valence-corrected chi connectivity index (χ3v) is 4.48. The lowest BCUT2D eigenvalue weighted by atomic mass is 10.0. The first kappa shape index (κ1) is 22.6. The van der Waals surface area contributed by atoms with E-state index in [4.69, 9.17) is 25.5 Å². The van der Waals surface area contributed by atoms with E-state index in [1.807, 2.05) is 12.1 Å². The molecule has 0 saturated carbocycles. The van der Waals surface area contributed by atoms with Gasteiger partial charge in [-0.2, -0.15) is 0 Å². The predicted octanol–water partition coefficient (Wildman–Crippen LogP) is 3.29. The summed E-state index contributed by atoms with van der Waals surface area (Å²) in [6, 6.07) is 7.22. The molecule has 1 atom stereocenters. The van der Waals surface area contributed by atoms with Crippen molar-refractivity contribution in [2.75, 3.05) is 26.8 Å². The average molecular weight is 522 g/mol. The molecule has 0 amide bonds. The van der Waals surface area contributed by atoms with E-state index < -0.39 is 5.60 Å². The van der Waals surface area contributed by atoms with Gasteiger partial charge in [0.2, 0.25) is 0 Å². The molecule has 154 valence electrons. The highest BCUT2D eigenvalue weighted by Gasteiger charge is 2.26. The molecule has 28 heavy (non-hydrogen) atoms. The predicted molar refractivity (Wildman–Crippen MR) is 119 cm³/mol. The third-order valence-electron chi connectivity index (χ3n) is 4.20. The van der Waals surface area contributed by atoms with Gasteiger partial charge in [-0.15, -0.1) is 24.0 Å². The molecule has 0 fully saturated rings. The van der Waals surface area contributed by atoms with Crippen molar-refractivity contribution >= 4 is 41.5 Å². The van der Waals surface area contributed by atoms with E-state index in [1.165, 1.54) is 6.26 Å². The smallest absolute Gasteiger partial charge is 0.191 e. The normalized spacial score (nSPS) is 15.8. The number of nitrogens with zero attached hydrogens (tertiary/aromatic N) is 1. The zero-order valence-electron chi connectivity index (χ0n) is 15.8. The van der Waals surface area contributed by atoms with Crippen LogP contribution in [0.3, 0.4) is 0 Å². The Hall–Kier alpha value is -1.65. The Bertz CT molecular complexity index is 797. The fourth-order valence-corrected chi connectivity index (χ4v) is 3.01. The van der Waals surface area contributed by atoms with Gasteiger partial charge in [-0.25, -0.2) is 0 Å². The van der Waals surface area contributed by atoms with E-state index in [-0.39, 0.29) is 30.5 Å². The van der Waals surface area contributed by atoms with Crippen molar-refractivity contribution in [3.05, 3.63) is 46.9 Å². The van der Waals surface area contributed by atoms with Crippen molar-refractivity contribution in [3.63, 3.8) is 0 Å². The van der Waals surface area contributed by atoms with Crippen LogP contribution in [-0.2, 0) is 12.1 Å². The second kappa shape index (κ2) is 10.2. The summed E-state index contributed by atoms with van der Waals surface area (Å²) in [6.45, 7) is 3.60. The molecule has 0 aliphatic carbocycles. The van der Waals surface area contributed by atoms with Gasteiger partial charge in [0, 0.05) is 20.0 Å². The zero-order valence-corrected chi connectivity index (χ0v) is 18.9. The maximum Gasteiger partial charge on any atom is 0.191 e. The first-order valence-corrected chi connectivity index (χ1v) is 9.16. The number of rotatable bonds is 5. The van der Waals surface area contributed by atoms with Gasteiger partial charge in [0.05, 0.1) is 31.0 Å². The summed E-state index contributed by atoms with van der Waals surface area (Å²) in [5.74, 6) is 2.28. The number of furan rings is 1. The standard InChI is InChI=1S/C19H24ClN3O4.HI/c1-19(24,16-5-3-6-26-16)12-23-18(21-2)22-11-13-9-14(20)17-15(10-13)25-7-4-8-27-17;/h3,5-6,9-10,24H,4,7-8,11-12H2,1-2H3,(H2,21,22,23);1H. The van der Waals surface area contributed by atoms with Gasteiger partial charge in [0.25, 0.3) is 0 Å². The van der Waals surface area contributed by atoms with Crippen LogP contribution in [0.5, 0.6) is 11.5 Å². The maximum absolute atomic E-state index is 10.5. The molecule has 1 aliphatic heterocycles. The van der Waals surface area contributed by atoms with Crippen LogP contribution in [0.4, 0.5) is 0 Å². The molecule has 1 aliphatic rings. The second-order valence-electron chi connectivity index (χ2n) is 6.49. The van der Waals surface area contributed by atoms with Gasteiger partial charge < -0.3 is 29.6 Å². The van der Waals surface area contributed by atoms with Crippen LogP contribution in [0.1, 0.15) is 24.7 Å². The molecule has 9 heteroatoms. The molecule has 0 spiro atoms. The SMILES string of the molecule is CN=C(NCc1cc(Cl)c2c(c1)OCCCO2)NCC(C)(O)c1ccco1.I. The quantitative estimate of drug-likeness (QED) is 0.318. The van der Waals surface area contributed by atoms with Crippen molar-refractivity contribution in [2.45, 2.75) is 25.5 Å². The summed E-state index contributed by atoms with van der Waals surface area (Å²) >= 11 is 6.32. The summed E-state index contributed by atoms with van der Waals surface area (Å²) < 4.78 is 16.6. The second-order valence-corrected chi connectivity index (χ2v) is 6.89. The van der Waals surface area contributed by atoms with Crippen molar-refractivity contribution in [1.29, 1.82) is 0 Å². The van der Waals surface area contributed by atoms with Crippen molar-refractivity contribution in [2.24, 2.45) is 4.99 Å². The Kier molecular flexibility index (Phi) is 8.26. The molecule has 0 radical (unpaired) electrons. The van der Waals surface area contributed by atoms with Crippen LogP contribution in [0.15, 0.2) is 39.9 Å². The number of ether oxygens (including phenoxy) is 2. The molecule has 1 unspecified atom stereocenters. The Morgan fingerprint density at radius 1 is 1.29 bits per heavy atom. The summed E-state index contributed by atoms with van der Waals surface area (Å²) in [5, 5.41) is 17.3. The number of hydrogen-bond donors (Lipinski definition) is 3. The highest BCUT2D eigenvalue weighted by atomic mass is 127. The Labute approximate surface area is 186 Å². The van der Waals surface area contributed by atoms with E-state index in [0.29, 0.717) is 48.0 Å². The first-order chi connectivity index (χ1) is 13.0. The van der Waals surface area contributed by atoms with Gasteiger partial charge in [-0.3, -0.25) is 4.99 Å². The Balaban J connectivity index is 0.00000280. The Morgan fingerprint density at radius 3 is 2.79 bits per heavy atom. The molecule has 7 nitrogen and oxygen atoms in total. The lowest BCUT2D eigenvalue weighted by Gasteiger charge is -2.22. The monoisotopic (exact) mass is 521 g/mol. The molecule has 0 bridgehead atoms. The number of halogens is 2. The highest BCUT2D eigenvalue weighted by molar-refractivity contribution is 14.0. The third kappa shape index (κ3) is 5.68. The van der Waals surface area contributed by atoms with E-state index in [1.54, 1.807) is 26.1 Å². The van der Waals surface area contributed by atoms with E-state index in [2.05, 4.69) is 15.6 Å². The minimum absolute atomic E-state index is 0. The van der Waals surface area contributed by atoms with Gasteiger partial charge in [0.1, 0.15) is 11.4 Å². The maximum atomic E-state index is 10.5. The molecule has 3 N–H and O–H groups in total. The van der Waals surface area contributed by atoms with Crippen LogP contribution in [0.25, 0.3) is 0 Å². The van der Waals surface area contributed by atoms with Crippen LogP contribution < -0.4 is 20.1 Å². The number of hydrogen-bond acceptors (Lipinski definition) is 5. The average Bonchev–Trinajstić information content (AvgIpc) is 3.09. The van der Waals surface area contributed by atoms with Crippen LogP contribution >= 0.6 is 35.6 Å². The van der Waals surface area contributed by atoms with E-state index in [9.17, 15) is 5.11 Å². The molecule has 1 aromatic carbocycles. The van der Waals surface area contributed by atoms with Gasteiger partial charge in [0.15, 0.2) is 17.5 Å². The fraction of sp³-hybridized carbons (Fsp3) is 0.421. The molecule has 3 rings (SSSR count). The minimum atomic E-state index is -1.15. The summed E-state index contributed by atoms with van der Waals surface area (Å²) in [6.07, 6.45) is 2.36. The number of aliphatic hydroxyl groups is 1. The van der Waals surface area contributed by atoms with Crippen molar-refractivity contribution < 1.29 is 19.0 Å². The molecule has 0 saturated heterocycles. The summed E-state index contributed by atoms with van der Waals surface area (Å²) in [4.78, 5) is 4.18. The van der Waals surface area contributed by atoms with Crippen molar-refractivity contribution in [3.8, 4) is 11.5 Å². The lowest BCUT2D eigenvalue weighted by molar-refractivity contribution is 0.0386. The van der Waals surface area contributed by atoms with Crippen molar-refractivity contribution in [1.82, 2.24) is 10.6 Å². The van der Waals surface area contributed by atoms with Crippen LogP contribution in [0, 0.1) is 0 Å². The minimum Gasteiger partial charge on any atom is -0.489 e. The van der Waals surface area contributed by atoms with Crippen LogP contribution in [-0.4, -0.2) is 37.9 Å². The lowest BCUT2D eigenvalue weighted by Crippen LogP contribution is -2.44. The van der Waals surface area contributed by atoms with Crippen LogP contribution in [0.2, 0.25) is 5.02 Å². The molecule has 2 aromatic rings. The number of guanidine groups is 1. The highest BCUT2D eigenvalue weighted by Crippen LogP contribution is 2.37. The van der Waals surface area contributed by atoms with Gasteiger partial charge >= 0.3 is 0 Å². The zero-order chi connectivity index (χ0) is 19.3. The molecular weight excluding hydrogens is 497 g/mol. The topological polar surface area (TPSA) is 88.3 Å². The Morgan fingerprint density at radius 2 is 2.07 bits per heavy atom. The molecule has 1 aromatic heterocycles. The largest absolute Gasteiger partial charge is 0.489 e. The summed E-state index contributed by atoms with van der Waals surface area (Å²) in [7, 11) is 1.66. The summed E-state index contributed by atoms with van der Waals surface area (Å²) in [5.41, 5.74) is -0.218. The fourth-order valence-electron chi connectivity index (χ4n) is 2.72. The molecule has 2 heterocycles. The number of fused-ring (bicyclic) bond motifs is 1. The van der Waals surface area contributed by atoms with Gasteiger partial charge in [-0.05, 0) is 36.8 Å². The first-order valence-electron chi connectivity index (χ1n) is 8.78. The number of benzene rings is 1. The van der Waals surface area contributed by atoms with E-state index in [0.717, 1.165) is 12.0 Å². The number of aliphatic imine (C=N–C) groups is 1. The van der Waals surface area contributed by atoms with E-state index >= 15 is 0 Å². The van der Waals surface area contributed by atoms with Gasteiger partial charge in [-0.1, -0.05) is 11.6 Å². The molecular formula is C19H25ClIN3O4. The number of nitrogens with one attached hydrogen (secondary N) is 2.